The predicted octanol–water partition coefficient (Wildman–Crippen LogP) is 4.05. The van der Waals surface area contributed by atoms with Crippen LogP contribution in [0, 0.1) is 5.92 Å². The number of hydrogen-bond acceptors (Lipinski definition) is 2. The Bertz CT molecular complexity index is 370. The quantitative estimate of drug-likeness (QED) is 0.565. The van der Waals surface area contributed by atoms with Crippen molar-refractivity contribution in [2.45, 2.75) is 30.6 Å². The molecule has 0 fully saturated rings. The molecule has 0 heterocycles. The molecule has 1 aromatic carbocycles. The third-order valence-electron chi connectivity index (χ3n) is 2.77. The Morgan fingerprint density at radius 3 is 2.81 bits per heavy atom. The lowest BCUT2D eigenvalue weighted by molar-refractivity contribution is -0.113. The van der Waals surface area contributed by atoms with Crippen LogP contribution in [0.4, 0.5) is 0 Å². The fourth-order valence-electron chi connectivity index (χ4n) is 1.86. The van der Waals surface area contributed by atoms with Crippen LogP contribution in [0.5, 0.6) is 0 Å². The minimum absolute atomic E-state index is 0.118. The van der Waals surface area contributed by atoms with Gasteiger partial charge in [-0.25, -0.2) is 0 Å². The number of benzene rings is 1. The summed E-state index contributed by atoms with van der Waals surface area (Å²) in [6.45, 7) is 0. The van der Waals surface area contributed by atoms with E-state index in [1.165, 1.54) is 24.6 Å². The van der Waals surface area contributed by atoms with Crippen LogP contribution in [-0.2, 0) is 4.79 Å². The van der Waals surface area contributed by atoms with E-state index in [2.05, 4.69) is 12.2 Å². The molecule has 0 saturated carbocycles. The summed E-state index contributed by atoms with van der Waals surface area (Å²) in [4.78, 5) is 13.1. The SMILES string of the molecule is O=C(Sc1ccccc1)C1C=CCCCC1. The standard InChI is InChI=1S/C14H16OS/c15-14(12-8-4-1-2-5-9-12)16-13-10-6-3-7-11-13/h3-4,6-8,10-12H,1-2,5,9H2. The van der Waals surface area contributed by atoms with Gasteiger partial charge in [-0.1, -0.05) is 48.5 Å². The first-order chi connectivity index (χ1) is 7.86. The van der Waals surface area contributed by atoms with Gasteiger partial charge in [0.1, 0.15) is 0 Å². The van der Waals surface area contributed by atoms with E-state index < -0.39 is 0 Å². The molecule has 1 aliphatic carbocycles. The van der Waals surface area contributed by atoms with E-state index in [4.69, 9.17) is 0 Å². The van der Waals surface area contributed by atoms with E-state index in [1.807, 2.05) is 30.3 Å². The number of rotatable bonds is 2. The van der Waals surface area contributed by atoms with Crippen LogP contribution in [0.15, 0.2) is 47.4 Å². The number of allylic oxidation sites excluding steroid dienone is 2. The zero-order valence-electron chi connectivity index (χ0n) is 9.26. The average Bonchev–Trinajstić information content (AvgIpc) is 2.59. The molecule has 84 valence electrons. The summed E-state index contributed by atoms with van der Waals surface area (Å²) in [5.74, 6) is 0.118. The van der Waals surface area contributed by atoms with Crippen molar-refractivity contribution in [3.8, 4) is 0 Å². The van der Waals surface area contributed by atoms with E-state index >= 15 is 0 Å². The molecule has 2 rings (SSSR count). The summed E-state index contributed by atoms with van der Waals surface area (Å²) in [5.41, 5.74) is 0. The summed E-state index contributed by atoms with van der Waals surface area (Å²) in [6.07, 6.45) is 8.76. The van der Waals surface area contributed by atoms with Crippen LogP contribution < -0.4 is 0 Å². The maximum absolute atomic E-state index is 12.0. The molecule has 0 aliphatic heterocycles. The van der Waals surface area contributed by atoms with Gasteiger partial charge in [-0.15, -0.1) is 0 Å². The molecule has 0 aromatic heterocycles. The number of thioether (sulfide) groups is 1. The largest absolute Gasteiger partial charge is 0.286 e. The highest BCUT2D eigenvalue weighted by molar-refractivity contribution is 8.13. The van der Waals surface area contributed by atoms with Gasteiger partial charge in [0, 0.05) is 10.8 Å². The van der Waals surface area contributed by atoms with Gasteiger partial charge in [0.2, 0.25) is 5.12 Å². The first-order valence-electron chi connectivity index (χ1n) is 5.79. The van der Waals surface area contributed by atoms with Gasteiger partial charge in [-0.2, -0.15) is 0 Å². The maximum atomic E-state index is 12.0. The maximum Gasteiger partial charge on any atom is 0.200 e. The molecule has 1 atom stereocenters. The second-order valence-electron chi connectivity index (χ2n) is 4.05. The lowest BCUT2D eigenvalue weighted by atomic mass is 10.1. The average molecular weight is 232 g/mol. The van der Waals surface area contributed by atoms with Gasteiger partial charge in [0.15, 0.2) is 0 Å². The van der Waals surface area contributed by atoms with Crippen molar-refractivity contribution in [3.63, 3.8) is 0 Å². The van der Waals surface area contributed by atoms with Crippen molar-refractivity contribution in [1.82, 2.24) is 0 Å². The van der Waals surface area contributed by atoms with E-state index in [1.54, 1.807) is 0 Å². The van der Waals surface area contributed by atoms with Crippen molar-refractivity contribution >= 4 is 16.9 Å². The smallest absolute Gasteiger partial charge is 0.200 e. The van der Waals surface area contributed by atoms with Crippen LogP contribution in [-0.4, -0.2) is 5.12 Å². The van der Waals surface area contributed by atoms with Crippen LogP contribution >= 0.6 is 11.8 Å². The molecule has 0 saturated heterocycles. The Hall–Kier alpha value is -1.02. The number of hydrogen-bond donors (Lipinski definition) is 0. The predicted molar refractivity (Wildman–Crippen MR) is 68.4 cm³/mol. The topological polar surface area (TPSA) is 17.1 Å². The highest BCUT2D eigenvalue weighted by Crippen LogP contribution is 2.27. The Morgan fingerprint density at radius 1 is 1.19 bits per heavy atom. The minimum atomic E-state index is 0.118. The van der Waals surface area contributed by atoms with E-state index in [0.29, 0.717) is 0 Å². The molecule has 0 N–H and O–H groups in total. The Morgan fingerprint density at radius 2 is 2.00 bits per heavy atom. The van der Waals surface area contributed by atoms with Crippen molar-refractivity contribution in [2.24, 2.45) is 5.92 Å². The van der Waals surface area contributed by atoms with Crippen molar-refractivity contribution in [3.05, 3.63) is 42.5 Å². The molecule has 0 spiro atoms. The van der Waals surface area contributed by atoms with E-state index in [0.717, 1.165) is 17.7 Å². The monoisotopic (exact) mass is 232 g/mol. The fourth-order valence-corrected chi connectivity index (χ4v) is 2.73. The fraction of sp³-hybridized carbons (Fsp3) is 0.357. The van der Waals surface area contributed by atoms with E-state index in [-0.39, 0.29) is 11.0 Å². The molecule has 0 bridgehead atoms. The molecule has 1 aliphatic rings. The Balaban J connectivity index is 1.97. The molecular formula is C14H16OS. The zero-order chi connectivity index (χ0) is 11.2. The van der Waals surface area contributed by atoms with Gasteiger partial charge in [-0.3, -0.25) is 4.79 Å². The first kappa shape index (κ1) is 11.5. The van der Waals surface area contributed by atoms with Gasteiger partial charge in [0.05, 0.1) is 0 Å². The minimum Gasteiger partial charge on any atom is -0.286 e. The van der Waals surface area contributed by atoms with Crippen LogP contribution in [0.3, 0.4) is 0 Å². The van der Waals surface area contributed by atoms with Gasteiger partial charge < -0.3 is 0 Å². The van der Waals surface area contributed by atoms with E-state index in [9.17, 15) is 4.79 Å². The van der Waals surface area contributed by atoms with Crippen LogP contribution in [0.1, 0.15) is 25.7 Å². The second-order valence-corrected chi connectivity index (χ2v) is 5.13. The van der Waals surface area contributed by atoms with Crippen molar-refractivity contribution in [2.75, 3.05) is 0 Å². The van der Waals surface area contributed by atoms with Gasteiger partial charge in [-0.05, 0) is 31.4 Å². The highest BCUT2D eigenvalue weighted by atomic mass is 32.2. The van der Waals surface area contributed by atoms with Crippen LogP contribution in [0.2, 0.25) is 0 Å². The third kappa shape index (κ3) is 3.24. The van der Waals surface area contributed by atoms with Crippen molar-refractivity contribution < 1.29 is 4.79 Å². The summed E-state index contributed by atoms with van der Waals surface area (Å²) in [7, 11) is 0. The molecule has 1 nitrogen and oxygen atoms in total. The third-order valence-corrected chi connectivity index (χ3v) is 3.78. The summed E-state index contributed by atoms with van der Waals surface area (Å²) < 4.78 is 0. The van der Waals surface area contributed by atoms with Gasteiger partial charge >= 0.3 is 0 Å². The molecule has 0 amide bonds. The van der Waals surface area contributed by atoms with Crippen molar-refractivity contribution in [1.29, 1.82) is 0 Å². The number of carbonyl (C=O) groups excluding carboxylic acids is 1. The second kappa shape index (κ2) is 5.90. The Labute approximate surface area is 101 Å². The summed E-state index contributed by atoms with van der Waals surface area (Å²) >= 11 is 1.37. The highest BCUT2D eigenvalue weighted by Gasteiger charge is 2.17. The molecule has 2 heteroatoms. The lowest BCUT2D eigenvalue weighted by Gasteiger charge is -2.08. The summed E-state index contributed by atoms with van der Waals surface area (Å²) in [5, 5.41) is 0.282. The molecule has 1 unspecified atom stereocenters. The Kier molecular flexibility index (Phi) is 4.23. The summed E-state index contributed by atoms with van der Waals surface area (Å²) in [6, 6.07) is 9.89. The first-order valence-corrected chi connectivity index (χ1v) is 6.61. The molecule has 1 aromatic rings. The zero-order valence-corrected chi connectivity index (χ0v) is 10.1. The van der Waals surface area contributed by atoms with Gasteiger partial charge in [0.25, 0.3) is 0 Å². The molecule has 0 radical (unpaired) electrons. The van der Waals surface area contributed by atoms with Crippen LogP contribution in [0.25, 0.3) is 0 Å². The normalized spacial score (nSPS) is 20.4. The number of carbonyl (C=O) groups is 1. The molecular weight excluding hydrogens is 216 g/mol. The lowest BCUT2D eigenvalue weighted by Crippen LogP contribution is -2.07. The molecule has 16 heavy (non-hydrogen) atoms.